The lowest BCUT2D eigenvalue weighted by atomic mass is 10.0. The minimum absolute atomic E-state index is 0.680. The van der Waals surface area contributed by atoms with Gasteiger partial charge in [0, 0.05) is 23.2 Å². The summed E-state index contributed by atoms with van der Waals surface area (Å²) in [6, 6.07) is 16.6. The number of halogens is 1. The van der Waals surface area contributed by atoms with Gasteiger partial charge in [0.25, 0.3) is 0 Å². The fraction of sp³-hybridized carbons (Fsp3) is 0.250. The van der Waals surface area contributed by atoms with E-state index >= 15 is 0 Å². The SMILES string of the molecule is Cc1cc(C=C(C#N)c2cccc(Br)c2)ccc1N1CCCC1. The highest BCUT2D eigenvalue weighted by Crippen LogP contribution is 2.27. The Balaban J connectivity index is 1.91. The third-order valence-electron chi connectivity index (χ3n) is 4.23. The number of aryl methyl sites for hydroxylation is 1. The Morgan fingerprint density at radius 1 is 1.17 bits per heavy atom. The van der Waals surface area contributed by atoms with Gasteiger partial charge in [-0.3, -0.25) is 0 Å². The molecule has 0 atom stereocenters. The van der Waals surface area contributed by atoms with E-state index in [9.17, 15) is 5.26 Å². The van der Waals surface area contributed by atoms with Crippen molar-refractivity contribution in [3.8, 4) is 6.07 Å². The molecule has 0 bridgehead atoms. The van der Waals surface area contributed by atoms with Crippen molar-refractivity contribution in [1.82, 2.24) is 0 Å². The molecule has 3 rings (SSSR count). The number of nitriles is 1. The van der Waals surface area contributed by atoms with Crippen molar-refractivity contribution in [1.29, 1.82) is 5.26 Å². The number of benzene rings is 2. The number of rotatable bonds is 3. The van der Waals surface area contributed by atoms with Crippen molar-refractivity contribution in [2.75, 3.05) is 18.0 Å². The molecule has 0 radical (unpaired) electrons. The summed E-state index contributed by atoms with van der Waals surface area (Å²) in [7, 11) is 0. The maximum atomic E-state index is 9.49. The van der Waals surface area contributed by atoms with Gasteiger partial charge < -0.3 is 4.90 Å². The van der Waals surface area contributed by atoms with Crippen LogP contribution in [0.25, 0.3) is 11.6 Å². The topological polar surface area (TPSA) is 27.0 Å². The standard InChI is InChI=1S/C20H19BrN2/c1-15-11-16(7-8-20(15)23-9-2-3-10-23)12-18(14-22)17-5-4-6-19(21)13-17/h4-8,11-13H,2-3,9-10H2,1H3. The van der Waals surface area contributed by atoms with Gasteiger partial charge in [-0.05, 0) is 66.8 Å². The third-order valence-corrected chi connectivity index (χ3v) is 4.73. The Morgan fingerprint density at radius 2 is 1.96 bits per heavy atom. The summed E-state index contributed by atoms with van der Waals surface area (Å²) in [4.78, 5) is 2.45. The molecule has 1 aliphatic heterocycles. The second-order valence-electron chi connectivity index (χ2n) is 5.92. The normalized spacial score (nSPS) is 14.8. The first-order valence-corrected chi connectivity index (χ1v) is 8.70. The molecule has 3 heteroatoms. The minimum atomic E-state index is 0.680. The average molecular weight is 367 g/mol. The van der Waals surface area contributed by atoms with E-state index in [1.165, 1.54) is 24.1 Å². The predicted octanol–water partition coefficient (Wildman–Crippen LogP) is 5.42. The van der Waals surface area contributed by atoms with Gasteiger partial charge in [0.05, 0.1) is 11.6 Å². The van der Waals surface area contributed by atoms with Gasteiger partial charge in [0.1, 0.15) is 0 Å². The molecule has 2 aromatic carbocycles. The fourth-order valence-corrected chi connectivity index (χ4v) is 3.48. The van der Waals surface area contributed by atoms with Crippen LogP contribution in [-0.2, 0) is 0 Å². The molecule has 116 valence electrons. The van der Waals surface area contributed by atoms with Crippen LogP contribution in [0.2, 0.25) is 0 Å². The summed E-state index contributed by atoms with van der Waals surface area (Å²) in [5.74, 6) is 0. The van der Waals surface area contributed by atoms with E-state index in [0.717, 1.165) is 28.7 Å². The van der Waals surface area contributed by atoms with E-state index in [1.807, 2.05) is 30.3 Å². The zero-order valence-corrected chi connectivity index (χ0v) is 14.8. The average Bonchev–Trinajstić information content (AvgIpc) is 3.07. The highest BCUT2D eigenvalue weighted by Gasteiger charge is 2.14. The van der Waals surface area contributed by atoms with Crippen LogP contribution in [0.3, 0.4) is 0 Å². The van der Waals surface area contributed by atoms with Crippen LogP contribution in [0.15, 0.2) is 46.9 Å². The second-order valence-corrected chi connectivity index (χ2v) is 6.84. The molecule has 1 fully saturated rings. The Labute approximate surface area is 146 Å². The lowest BCUT2D eigenvalue weighted by Gasteiger charge is -2.20. The summed E-state index contributed by atoms with van der Waals surface area (Å²) >= 11 is 3.46. The summed E-state index contributed by atoms with van der Waals surface area (Å²) in [5.41, 5.74) is 5.28. The third kappa shape index (κ3) is 3.65. The van der Waals surface area contributed by atoms with Crippen LogP contribution < -0.4 is 4.90 Å². The Bertz CT molecular complexity index is 780. The fourth-order valence-electron chi connectivity index (χ4n) is 3.08. The van der Waals surface area contributed by atoms with E-state index < -0.39 is 0 Å². The monoisotopic (exact) mass is 366 g/mol. The number of nitrogens with zero attached hydrogens (tertiary/aromatic N) is 2. The van der Waals surface area contributed by atoms with Gasteiger partial charge in [0.15, 0.2) is 0 Å². The first kappa shape index (κ1) is 15.8. The number of hydrogen-bond acceptors (Lipinski definition) is 2. The van der Waals surface area contributed by atoms with Crippen LogP contribution in [0, 0.1) is 18.3 Å². The number of anilines is 1. The molecule has 23 heavy (non-hydrogen) atoms. The smallest absolute Gasteiger partial charge is 0.0998 e. The highest BCUT2D eigenvalue weighted by molar-refractivity contribution is 9.10. The quantitative estimate of drug-likeness (QED) is 0.535. The first-order valence-electron chi connectivity index (χ1n) is 7.91. The summed E-state index contributed by atoms with van der Waals surface area (Å²) < 4.78 is 0.983. The number of hydrogen-bond donors (Lipinski definition) is 0. The van der Waals surface area contributed by atoms with Crippen molar-refractivity contribution >= 4 is 33.3 Å². The number of allylic oxidation sites excluding steroid dienone is 1. The Kier molecular flexibility index (Phi) is 4.83. The molecule has 0 N–H and O–H groups in total. The molecule has 0 saturated carbocycles. The van der Waals surface area contributed by atoms with Crippen molar-refractivity contribution in [3.63, 3.8) is 0 Å². The predicted molar refractivity (Wildman–Crippen MR) is 100 cm³/mol. The van der Waals surface area contributed by atoms with Crippen LogP contribution in [0.5, 0.6) is 0 Å². The Hall–Kier alpha value is -2.05. The van der Waals surface area contributed by atoms with Crippen molar-refractivity contribution in [2.24, 2.45) is 0 Å². The van der Waals surface area contributed by atoms with Crippen LogP contribution in [0.4, 0.5) is 5.69 Å². The van der Waals surface area contributed by atoms with Gasteiger partial charge in [-0.2, -0.15) is 5.26 Å². The van der Waals surface area contributed by atoms with Gasteiger partial charge in [0.2, 0.25) is 0 Å². The van der Waals surface area contributed by atoms with Crippen molar-refractivity contribution < 1.29 is 0 Å². The van der Waals surface area contributed by atoms with Gasteiger partial charge in [-0.15, -0.1) is 0 Å². The molecule has 0 aliphatic carbocycles. The zero-order chi connectivity index (χ0) is 16.2. The van der Waals surface area contributed by atoms with Gasteiger partial charge >= 0.3 is 0 Å². The van der Waals surface area contributed by atoms with Crippen molar-refractivity contribution in [2.45, 2.75) is 19.8 Å². The maximum absolute atomic E-state index is 9.49. The summed E-state index contributed by atoms with van der Waals surface area (Å²) in [6.07, 6.45) is 4.52. The molecule has 2 aromatic rings. The van der Waals surface area contributed by atoms with E-state index in [4.69, 9.17) is 0 Å². The molecule has 0 unspecified atom stereocenters. The highest BCUT2D eigenvalue weighted by atomic mass is 79.9. The van der Waals surface area contributed by atoms with E-state index in [-0.39, 0.29) is 0 Å². The van der Waals surface area contributed by atoms with Crippen LogP contribution in [0.1, 0.15) is 29.5 Å². The van der Waals surface area contributed by atoms with Crippen molar-refractivity contribution in [3.05, 3.63) is 63.6 Å². The molecule has 2 nitrogen and oxygen atoms in total. The van der Waals surface area contributed by atoms with Gasteiger partial charge in [-0.1, -0.05) is 34.1 Å². The lowest BCUT2D eigenvalue weighted by Crippen LogP contribution is -2.18. The van der Waals surface area contributed by atoms with Crippen LogP contribution >= 0.6 is 15.9 Å². The molecular formula is C20H19BrN2. The largest absolute Gasteiger partial charge is 0.371 e. The molecule has 1 saturated heterocycles. The molecule has 1 heterocycles. The summed E-state index contributed by atoms with van der Waals surface area (Å²) in [5, 5.41) is 9.49. The van der Waals surface area contributed by atoms with E-state index in [1.54, 1.807) is 0 Å². The molecule has 0 aromatic heterocycles. The summed E-state index contributed by atoms with van der Waals surface area (Å²) in [6.45, 7) is 4.45. The maximum Gasteiger partial charge on any atom is 0.0998 e. The zero-order valence-electron chi connectivity index (χ0n) is 13.2. The Morgan fingerprint density at radius 3 is 2.61 bits per heavy atom. The molecule has 1 aliphatic rings. The first-order chi connectivity index (χ1) is 11.2. The lowest BCUT2D eigenvalue weighted by molar-refractivity contribution is 0.949. The van der Waals surface area contributed by atoms with Crippen LogP contribution in [-0.4, -0.2) is 13.1 Å². The van der Waals surface area contributed by atoms with E-state index in [0.29, 0.717) is 5.57 Å². The van der Waals surface area contributed by atoms with Gasteiger partial charge in [-0.25, -0.2) is 0 Å². The molecule has 0 spiro atoms. The molecular weight excluding hydrogens is 348 g/mol. The van der Waals surface area contributed by atoms with E-state index in [2.05, 4.69) is 52.0 Å². The second kappa shape index (κ2) is 7.02. The minimum Gasteiger partial charge on any atom is -0.371 e. The molecule has 0 amide bonds.